The van der Waals surface area contributed by atoms with E-state index in [1.165, 1.54) is 30.0 Å². The molecule has 0 spiro atoms. The second kappa shape index (κ2) is 11.7. The van der Waals surface area contributed by atoms with Gasteiger partial charge in [-0.25, -0.2) is 10.1 Å². The Hall–Kier alpha value is -2.39. The standard InChI is InChI=1S/C24H30ClNO6S/c1-5-11-24(15-27,26-22(29)31-23(2,3)4)12-10-16-6-8-18(14-19(16)25)33-21-13-17(28)7-9-20(21)32-30/h5-9,13-14,27-28,30H,1,10-12,15H2,2-4H3,(H,26,29)/t24-/m0/s1. The Balaban J connectivity index is 2.14. The van der Waals surface area contributed by atoms with Crippen molar-refractivity contribution in [3.63, 3.8) is 0 Å². The van der Waals surface area contributed by atoms with Crippen molar-refractivity contribution in [1.82, 2.24) is 5.32 Å². The first-order chi connectivity index (χ1) is 15.5. The number of carbonyl (C=O) groups excluding carboxylic acids is 1. The molecule has 0 fully saturated rings. The van der Waals surface area contributed by atoms with Gasteiger partial charge in [0.2, 0.25) is 0 Å². The van der Waals surface area contributed by atoms with E-state index in [-0.39, 0.29) is 18.1 Å². The van der Waals surface area contributed by atoms with Gasteiger partial charge in [-0.2, -0.15) is 0 Å². The van der Waals surface area contributed by atoms with Crippen LogP contribution < -0.4 is 10.2 Å². The summed E-state index contributed by atoms with van der Waals surface area (Å²) in [7, 11) is 0. The van der Waals surface area contributed by atoms with E-state index in [2.05, 4.69) is 16.8 Å². The molecule has 0 saturated carbocycles. The van der Waals surface area contributed by atoms with Crippen molar-refractivity contribution in [2.24, 2.45) is 0 Å². The van der Waals surface area contributed by atoms with E-state index in [0.29, 0.717) is 29.2 Å². The number of aliphatic hydroxyl groups excluding tert-OH is 1. The lowest BCUT2D eigenvalue weighted by molar-refractivity contribution is -0.140. The van der Waals surface area contributed by atoms with Gasteiger partial charge < -0.3 is 25.2 Å². The van der Waals surface area contributed by atoms with Crippen LogP contribution in [0, 0.1) is 0 Å². The molecule has 33 heavy (non-hydrogen) atoms. The Morgan fingerprint density at radius 2 is 1.97 bits per heavy atom. The number of phenolic OH excluding ortho intramolecular Hbond substituents is 1. The van der Waals surface area contributed by atoms with E-state index < -0.39 is 17.2 Å². The van der Waals surface area contributed by atoms with Crippen molar-refractivity contribution in [3.05, 3.63) is 59.6 Å². The number of aliphatic hydroxyl groups is 1. The van der Waals surface area contributed by atoms with Gasteiger partial charge in [0, 0.05) is 9.92 Å². The molecule has 0 aliphatic heterocycles. The van der Waals surface area contributed by atoms with Crippen LogP contribution in [0.15, 0.2) is 58.8 Å². The number of alkyl carbamates (subject to hydrolysis) is 1. The molecule has 0 aliphatic carbocycles. The molecule has 0 unspecified atom stereocenters. The van der Waals surface area contributed by atoms with Gasteiger partial charge in [-0.05, 0) is 75.9 Å². The summed E-state index contributed by atoms with van der Waals surface area (Å²) in [6.45, 7) is 8.77. The zero-order valence-electron chi connectivity index (χ0n) is 18.9. The SMILES string of the molecule is C=CC[C@@](CO)(CCc1ccc(Sc2cc(O)ccc2OO)cc1Cl)NC(=O)OC(C)(C)C. The molecule has 1 atom stereocenters. The van der Waals surface area contributed by atoms with Gasteiger partial charge >= 0.3 is 6.09 Å². The van der Waals surface area contributed by atoms with Crippen LogP contribution in [0.5, 0.6) is 11.5 Å². The maximum atomic E-state index is 12.3. The number of amides is 1. The summed E-state index contributed by atoms with van der Waals surface area (Å²) in [5.41, 5.74) is -0.758. The number of aromatic hydroxyl groups is 1. The van der Waals surface area contributed by atoms with Crippen LogP contribution in [0.2, 0.25) is 5.02 Å². The van der Waals surface area contributed by atoms with E-state index >= 15 is 0 Å². The summed E-state index contributed by atoms with van der Waals surface area (Å²) >= 11 is 7.77. The third kappa shape index (κ3) is 8.16. The Labute approximate surface area is 203 Å². The lowest BCUT2D eigenvalue weighted by Crippen LogP contribution is -2.52. The maximum Gasteiger partial charge on any atom is 0.408 e. The molecular formula is C24H30ClNO6S. The number of rotatable bonds is 10. The number of hydrogen-bond acceptors (Lipinski definition) is 7. The highest BCUT2D eigenvalue weighted by Gasteiger charge is 2.32. The molecule has 4 N–H and O–H groups in total. The zero-order chi connectivity index (χ0) is 24.6. The molecule has 2 aromatic carbocycles. The van der Waals surface area contributed by atoms with Gasteiger partial charge in [0.1, 0.15) is 11.4 Å². The second-order valence-electron chi connectivity index (χ2n) is 8.64. The van der Waals surface area contributed by atoms with E-state index in [9.17, 15) is 15.0 Å². The van der Waals surface area contributed by atoms with Crippen LogP contribution in [0.3, 0.4) is 0 Å². The molecule has 1 amide bonds. The smallest absolute Gasteiger partial charge is 0.408 e. The van der Waals surface area contributed by atoms with Crippen LogP contribution in [-0.2, 0) is 11.2 Å². The predicted octanol–water partition coefficient (Wildman–Crippen LogP) is 5.81. The van der Waals surface area contributed by atoms with Gasteiger partial charge in [-0.15, -0.1) is 6.58 Å². The molecule has 0 aromatic heterocycles. The van der Waals surface area contributed by atoms with Crippen molar-refractivity contribution < 1.29 is 29.9 Å². The first kappa shape index (κ1) is 26.9. The highest BCUT2D eigenvalue weighted by atomic mass is 35.5. The van der Waals surface area contributed by atoms with Crippen molar-refractivity contribution >= 4 is 29.5 Å². The number of ether oxygens (including phenoxy) is 1. The third-order valence-corrected chi connectivity index (χ3v) is 6.14. The van der Waals surface area contributed by atoms with Crippen molar-refractivity contribution in [2.75, 3.05) is 6.61 Å². The fourth-order valence-corrected chi connectivity index (χ4v) is 4.43. The van der Waals surface area contributed by atoms with Gasteiger partial charge in [-0.1, -0.05) is 35.5 Å². The summed E-state index contributed by atoms with van der Waals surface area (Å²) in [5.74, 6) is 0.254. The first-order valence-corrected chi connectivity index (χ1v) is 11.5. The lowest BCUT2D eigenvalue weighted by atomic mass is 9.88. The molecule has 0 saturated heterocycles. The van der Waals surface area contributed by atoms with Crippen LogP contribution in [0.4, 0.5) is 4.79 Å². The Kier molecular flexibility index (Phi) is 9.48. The molecule has 0 aliphatic rings. The zero-order valence-corrected chi connectivity index (χ0v) is 20.5. The number of aryl methyl sites for hydroxylation is 1. The summed E-state index contributed by atoms with van der Waals surface area (Å²) in [5, 5.41) is 32.1. The topological polar surface area (TPSA) is 108 Å². The lowest BCUT2D eigenvalue weighted by Gasteiger charge is -2.33. The van der Waals surface area contributed by atoms with Crippen molar-refractivity contribution in [3.8, 4) is 11.5 Å². The van der Waals surface area contributed by atoms with Crippen LogP contribution >= 0.6 is 23.4 Å². The van der Waals surface area contributed by atoms with Gasteiger partial charge in [0.15, 0.2) is 5.75 Å². The number of benzene rings is 2. The highest BCUT2D eigenvalue weighted by Crippen LogP contribution is 2.38. The molecular weight excluding hydrogens is 466 g/mol. The molecule has 0 heterocycles. The van der Waals surface area contributed by atoms with Gasteiger partial charge in [-0.3, -0.25) is 0 Å². The quantitative estimate of drug-likeness (QED) is 0.187. The summed E-state index contributed by atoms with van der Waals surface area (Å²) in [4.78, 5) is 18.0. The third-order valence-electron chi connectivity index (χ3n) is 4.75. The summed E-state index contributed by atoms with van der Waals surface area (Å²) in [6, 6.07) is 9.82. The fraction of sp³-hybridized carbons (Fsp3) is 0.375. The molecule has 2 rings (SSSR count). The Bertz CT molecular complexity index is 978. The predicted molar refractivity (Wildman–Crippen MR) is 129 cm³/mol. The summed E-state index contributed by atoms with van der Waals surface area (Å²) in [6.07, 6.45) is 2.30. The first-order valence-electron chi connectivity index (χ1n) is 10.3. The number of phenols is 1. The van der Waals surface area contributed by atoms with Gasteiger partial charge in [0.25, 0.3) is 0 Å². The number of hydrogen-bond donors (Lipinski definition) is 4. The van der Waals surface area contributed by atoms with E-state index in [1.54, 1.807) is 32.9 Å². The van der Waals surface area contributed by atoms with E-state index in [4.69, 9.17) is 21.6 Å². The maximum absolute atomic E-state index is 12.3. The highest BCUT2D eigenvalue weighted by molar-refractivity contribution is 7.99. The normalized spacial score (nSPS) is 13.2. The Morgan fingerprint density at radius 1 is 1.24 bits per heavy atom. The van der Waals surface area contributed by atoms with Crippen LogP contribution in [0.1, 0.15) is 39.2 Å². The average Bonchev–Trinajstić information content (AvgIpc) is 2.72. The molecule has 180 valence electrons. The minimum absolute atomic E-state index is 0.0427. The van der Waals surface area contributed by atoms with Crippen molar-refractivity contribution in [1.29, 1.82) is 0 Å². The average molecular weight is 496 g/mol. The van der Waals surface area contributed by atoms with E-state index in [0.717, 1.165) is 10.5 Å². The monoisotopic (exact) mass is 495 g/mol. The summed E-state index contributed by atoms with van der Waals surface area (Å²) < 4.78 is 5.35. The largest absolute Gasteiger partial charge is 0.508 e. The number of carbonyl (C=O) groups is 1. The number of nitrogens with one attached hydrogen (secondary N) is 1. The second-order valence-corrected chi connectivity index (χ2v) is 10.2. The van der Waals surface area contributed by atoms with Crippen molar-refractivity contribution in [2.45, 2.75) is 61.0 Å². The fourth-order valence-electron chi connectivity index (χ4n) is 3.14. The molecule has 0 bridgehead atoms. The Morgan fingerprint density at radius 3 is 2.55 bits per heavy atom. The van der Waals surface area contributed by atoms with Crippen LogP contribution in [-0.4, -0.2) is 39.3 Å². The minimum atomic E-state index is -0.935. The van der Waals surface area contributed by atoms with Crippen LogP contribution in [0.25, 0.3) is 0 Å². The molecule has 0 radical (unpaired) electrons. The molecule has 7 nitrogen and oxygen atoms in total. The minimum Gasteiger partial charge on any atom is -0.508 e. The molecule has 2 aromatic rings. The van der Waals surface area contributed by atoms with E-state index in [1.807, 2.05) is 12.1 Å². The van der Waals surface area contributed by atoms with Gasteiger partial charge in [0.05, 0.1) is 17.0 Å². The number of halogens is 1. The molecule has 9 heteroatoms.